The molecule has 0 bridgehead atoms. The van der Waals surface area contributed by atoms with Gasteiger partial charge in [-0.15, -0.1) is 0 Å². The number of hydrogen-bond acceptors (Lipinski definition) is 4. The predicted molar refractivity (Wildman–Crippen MR) is 98.4 cm³/mol. The molecule has 2 aromatic carbocycles. The molecule has 27 heavy (non-hydrogen) atoms. The number of morpholine rings is 1. The zero-order chi connectivity index (χ0) is 19.1. The Labute approximate surface area is 156 Å². The molecular weight excluding hydrogens is 356 g/mol. The summed E-state index contributed by atoms with van der Waals surface area (Å²) in [6.07, 6.45) is 0. The van der Waals surface area contributed by atoms with E-state index in [4.69, 9.17) is 4.74 Å². The Balaban J connectivity index is 1.49. The number of rotatable bonds is 6. The molecule has 1 aliphatic rings. The highest BCUT2D eigenvalue weighted by molar-refractivity contribution is 5.89. The first-order valence-corrected chi connectivity index (χ1v) is 8.61. The van der Waals surface area contributed by atoms with Gasteiger partial charge >= 0.3 is 12.6 Å². The third-order valence-corrected chi connectivity index (χ3v) is 4.08. The average molecular weight is 377 g/mol. The van der Waals surface area contributed by atoms with Gasteiger partial charge in [0.15, 0.2) is 0 Å². The number of carbonyl (C=O) groups excluding carboxylic acids is 1. The van der Waals surface area contributed by atoms with Crippen molar-refractivity contribution in [2.45, 2.75) is 13.2 Å². The molecule has 144 valence electrons. The molecule has 1 saturated heterocycles. The number of amides is 2. The quantitative estimate of drug-likeness (QED) is 0.810. The van der Waals surface area contributed by atoms with Gasteiger partial charge in [0.1, 0.15) is 5.75 Å². The summed E-state index contributed by atoms with van der Waals surface area (Å²) in [7, 11) is 0. The van der Waals surface area contributed by atoms with Crippen molar-refractivity contribution in [2.75, 3.05) is 36.5 Å². The highest BCUT2D eigenvalue weighted by atomic mass is 19.3. The Kier molecular flexibility index (Phi) is 6.43. The van der Waals surface area contributed by atoms with E-state index in [9.17, 15) is 13.6 Å². The third kappa shape index (κ3) is 5.82. The zero-order valence-electron chi connectivity index (χ0n) is 14.7. The Hall–Kier alpha value is -2.87. The van der Waals surface area contributed by atoms with Crippen LogP contribution in [0.2, 0.25) is 0 Å². The van der Waals surface area contributed by atoms with E-state index in [0.29, 0.717) is 12.2 Å². The predicted octanol–water partition coefficient (Wildman–Crippen LogP) is 3.45. The molecule has 0 aromatic heterocycles. The van der Waals surface area contributed by atoms with Gasteiger partial charge < -0.3 is 25.0 Å². The maximum atomic E-state index is 12.2. The normalized spacial score (nSPS) is 14.1. The number of nitrogens with zero attached hydrogens (tertiary/aromatic N) is 1. The van der Waals surface area contributed by atoms with Crippen molar-refractivity contribution in [3.05, 3.63) is 54.1 Å². The fourth-order valence-corrected chi connectivity index (χ4v) is 2.75. The monoisotopic (exact) mass is 377 g/mol. The molecule has 8 heteroatoms. The summed E-state index contributed by atoms with van der Waals surface area (Å²) < 4.78 is 34.1. The van der Waals surface area contributed by atoms with E-state index in [1.54, 1.807) is 6.07 Å². The number of ether oxygens (including phenoxy) is 2. The molecule has 0 aliphatic carbocycles. The molecule has 0 unspecified atom stereocenters. The number of benzene rings is 2. The van der Waals surface area contributed by atoms with Crippen LogP contribution in [-0.4, -0.2) is 38.9 Å². The van der Waals surface area contributed by atoms with Gasteiger partial charge in [-0.05, 0) is 29.8 Å². The third-order valence-electron chi connectivity index (χ3n) is 4.08. The maximum absolute atomic E-state index is 12.2. The first kappa shape index (κ1) is 18.9. The molecule has 0 atom stereocenters. The van der Waals surface area contributed by atoms with Crippen molar-refractivity contribution < 1.29 is 23.0 Å². The lowest BCUT2D eigenvalue weighted by molar-refractivity contribution is -0.0497. The lowest BCUT2D eigenvalue weighted by Gasteiger charge is -2.28. The van der Waals surface area contributed by atoms with Crippen LogP contribution in [0.4, 0.5) is 25.0 Å². The number of nitrogens with one attached hydrogen (secondary N) is 2. The molecule has 0 radical (unpaired) electrons. The minimum atomic E-state index is -2.91. The summed E-state index contributed by atoms with van der Waals surface area (Å²) in [5.41, 5.74) is 2.45. The first-order chi connectivity index (χ1) is 13.1. The minimum Gasteiger partial charge on any atom is -0.435 e. The van der Waals surface area contributed by atoms with Crippen molar-refractivity contribution >= 4 is 17.4 Å². The molecule has 6 nitrogen and oxygen atoms in total. The van der Waals surface area contributed by atoms with Gasteiger partial charge in [-0.25, -0.2) is 4.79 Å². The van der Waals surface area contributed by atoms with Crippen LogP contribution < -0.4 is 20.3 Å². The van der Waals surface area contributed by atoms with E-state index in [2.05, 4.69) is 20.3 Å². The smallest absolute Gasteiger partial charge is 0.387 e. The second-order valence-electron chi connectivity index (χ2n) is 5.98. The van der Waals surface area contributed by atoms with Gasteiger partial charge in [0, 0.05) is 37.1 Å². The van der Waals surface area contributed by atoms with Crippen LogP contribution in [0, 0.1) is 0 Å². The van der Waals surface area contributed by atoms with E-state index in [-0.39, 0.29) is 5.75 Å². The lowest BCUT2D eigenvalue weighted by Crippen LogP contribution is -2.36. The highest BCUT2D eigenvalue weighted by Gasteiger charge is 2.11. The fraction of sp³-hybridized carbons (Fsp3) is 0.316. The molecule has 0 saturated carbocycles. The van der Waals surface area contributed by atoms with Crippen molar-refractivity contribution in [1.29, 1.82) is 0 Å². The molecule has 2 N–H and O–H groups in total. The Bertz CT molecular complexity index is 750. The molecule has 1 aliphatic heterocycles. The second kappa shape index (κ2) is 9.18. The van der Waals surface area contributed by atoms with Crippen molar-refractivity contribution in [1.82, 2.24) is 5.32 Å². The molecule has 3 rings (SSSR count). The molecule has 2 aromatic rings. The number of carbonyl (C=O) groups is 1. The van der Waals surface area contributed by atoms with Crippen LogP contribution >= 0.6 is 0 Å². The van der Waals surface area contributed by atoms with Crippen molar-refractivity contribution in [3.8, 4) is 5.75 Å². The number of hydrogen-bond donors (Lipinski definition) is 2. The van der Waals surface area contributed by atoms with Crippen LogP contribution in [0.25, 0.3) is 0 Å². The molecule has 0 spiro atoms. The number of anilines is 2. The van der Waals surface area contributed by atoms with Crippen LogP contribution in [-0.2, 0) is 11.3 Å². The average Bonchev–Trinajstić information content (AvgIpc) is 2.67. The lowest BCUT2D eigenvalue weighted by atomic mass is 10.2. The Morgan fingerprint density at radius 2 is 1.89 bits per heavy atom. The standard InChI is InChI=1S/C19H21F2N3O3/c20-18(21)27-17-3-1-2-15(12-17)23-19(25)22-13-14-4-6-16(7-5-14)24-8-10-26-11-9-24/h1-7,12,18H,8-11,13H2,(H2,22,23,25). The Morgan fingerprint density at radius 3 is 2.59 bits per heavy atom. The topological polar surface area (TPSA) is 62.8 Å². The fourth-order valence-electron chi connectivity index (χ4n) is 2.75. The zero-order valence-corrected chi connectivity index (χ0v) is 14.7. The largest absolute Gasteiger partial charge is 0.435 e. The van der Waals surface area contributed by atoms with Crippen molar-refractivity contribution in [2.24, 2.45) is 0 Å². The number of alkyl halides is 2. The number of halogens is 2. The van der Waals surface area contributed by atoms with E-state index in [1.807, 2.05) is 24.3 Å². The molecule has 2 amide bonds. The summed E-state index contributed by atoms with van der Waals surface area (Å²) in [6, 6.07) is 13.4. The van der Waals surface area contributed by atoms with E-state index in [1.165, 1.54) is 18.2 Å². The summed E-state index contributed by atoms with van der Waals surface area (Å²) in [4.78, 5) is 14.3. The van der Waals surface area contributed by atoms with Gasteiger partial charge in [0.2, 0.25) is 0 Å². The van der Waals surface area contributed by atoms with E-state index >= 15 is 0 Å². The number of urea groups is 1. The first-order valence-electron chi connectivity index (χ1n) is 8.61. The van der Waals surface area contributed by atoms with Gasteiger partial charge in [-0.3, -0.25) is 0 Å². The summed E-state index contributed by atoms with van der Waals surface area (Å²) in [5.74, 6) is -0.0125. The van der Waals surface area contributed by atoms with Gasteiger partial charge in [-0.2, -0.15) is 8.78 Å². The summed E-state index contributed by atoms with van der Waals surface area (Å²) in [6.45, 7) is 0.639. The van der Waals surface area contributed by atoms with Crippen LogP contribution in [0.1, 0.15) is 5.56 Å². The van der Waals surface area contributed by atoms with E-state index in [0.717, 1.165) is 37.6 Å². The highest BCUT2D eigenvalue weighted by Crippen LogP contribution is 2.19. The Morgan fingerprint density at radius 1 is 1.15 bits per heavy atom. The van der Waals surface area contributed by atoms with Crippen LogP contribution in [0.15, 0.2) is 48.5 Å². The maximum Gasteiger partial charge on any atom is 0.387 e. The van der Waals surface area contributed by atoms with Crippen LogP contribution in [0.5, 0.6) is 5.75 Å². The molecule has 1 fully saturated rings. The van der Waals surface area contributed by atoms with Crippen molar-refractivity contribution in [3.63, 3.8) is 0 Å². The molecular formula is C19H21F2N3O3. The minimum absolute atomic E-state index is 0.0125. The van der Waals surface area contributed by atoms with E-state index < -0.39 is 12.6 Å². The van der Waals surface area contributed by atoms with Gasteiger partial charge in [-0.1, -0.05) is 18.2 Å². The summed E-state index contributed by atoms with van der Waals surface area (Å²) in [5, 5.41) is 5.33. The van der Waals surface area contributed by atoms with Gasteiger partial charge in [0.25, 0.3) is 0 Å². The molecule has 1 heterocycles. The van der Waals surface area contributed by atoms with Gasteiger partial charge in [0.05, 0.1) is 13.2 Å². The second-order valence-corrected chi connectivity index (χ2v) is 5.98. The summed E-state index contributed by atoms with van der Waals surface area (Å²) >= 11 is 0. The van der Waals surface area contributed by atoms with Crippen LogP contribution in [0.3, 0.4) is 0 Å². The SMILES string of the molecule is O=C(NCc1ccc(N2CCOCC2)cc1)Nc1cccc(OC(F)F)c1.